The number of aromatic nitrogens is 3. The molecule has 2 aromatic rings. The van der Waals surface area contributed by atoms with Gasteiger partial charge < -0.3 is 5.11 Å². The van der Waals surface area contributed by atoms with Gasteiger partial charge in [-0.15, -0.1) is 0 Å². The van der Waals surface area contributed by atoms with E-state index in [2.05, 4.69) is 21.0 Å². The first-order chi connectivity index (χ1) is 12.5. The molecule has 2 aliphatic heterocycles. The van der Waals surface area contributed by atoms with Gasteiger partial charge in [-0.05, 0) is 50.3 Å². The van der Waals surface area contributed by atoms with Crippen molar-refractivity contribution in [2.24, 2.45) is 0 Å². The molecular formula is C20H26N4O2. The van der Waals surface area contributed by atoms with Crippen LogP contribution in [-0.4, -0.2) is 42.5 Å². The van der Waals surface area contributed by atoms with Crippen LogP contribution in [0, 0.1) is 6.92 Å². The first-order valence-corrected chi connectivity index (χ1v) is 9.44. The summed E-state index contributed by atoms with van der Waals surface area (Å²) in [5.41, 5.74) is 0.993. The second-order valence-corrected chi connectivity index (χ2v) is 7.88. The lowest BCUT2D eigenvalue weighted by Gasteiger charge is -2.52. The minimum Gasteiger partial charge on any atom is -0.388 e. The summed E-state index contributed by atoms with van der Waals surface area (Å²) in [5.74, 6) is 0. The van der Waals surface area contributed by atoms with Gasteiger partial charge >= 0.3 is 0 Å². The lowest BCUT2D eigenvalue weighted by Crippen LogP contribution is -2.59. The van der Waals surface area contributed by atoms with Gasteiger partial charge in [0.05, 0.1) is 17.8 Å². The van der Waals surface area contributed by atoms with Gasteiger partial charge in [-0.25, -0.2) is 4.68 Å². The van der Waals surface area contributed by atoms with Gasteiger partial charge in [0.1, 0.15) is 0 Å². The molecule has 2 aliphatic rings. The highest BCUT2D eigenvalue weighted by Crippen LogP contribution is 2.40. The Hall–Kier alpha value is -2.05. The third-order valence-corrected chi connectivity index (χ3v) is 5.78. The Labute approximate surface area is 153 Å². The summed E-state index contributed by atoms with van der Waals surface area (Å²) in [5, 5.41) is 15.6. The molecule has 0 radical (unpaired) electrons. The molecule has 0 spiro atoms. The predicted octanol–water partition coefficient (Wildman–Crippen LogP) is 1.89. The van der Waals surface area contributed by atoms with E-state index >= 15 is 0 Å². The average molecular weight is 354 g/mol. The normalized spacial score (nSPS) is 28.8. The van der Waals surface area contributed by atoms with Crippen molar-refractivity contribution in [2.75, 3.05) is 0 Å². The Morgan fingerprint density at radius 1 is 1.23 bits per heavy atom. The lowest BCUT2D eigenvalue weighted by molar-refractivity contribution is -0.105. The van der Waals surface area contributed by atoms with E-state index in [0.717, 1.165) is 25.1 Å². The van der Waals surface area contributed by atoms with Crippen molar-refractivity contribution < 1.29 is 5.11 Å². The summed E-state index contributed by atoms with van der Waals surface area (Å²) in [4.78, 5) is 18.9. The zero-order valence-electron chi connectivity index (χ0n) is 15.2. The van der Waals surface area contributed by atoms with Crippen molar-refractivity contribution in [3.05, 3.63) is 58.3 Å². The molecule has 0 aromatic carbocycles. The summed E-state index contributed by atoms with van der Waals surface area (Å²) < 4.78 is 1.43. The number of hydrogen-bond donors (Lipinski definition) is 1. The molecule has 1 N–H and O–H groups in total. The van der Waals surface area contributed by atoms with Crippen LogP contribution >= 0.6 is 0 Å². The largest absolute Gasteiger partial charge is 0.388 e. The summed E-state index contributed by atoms with van der Waals surface area (Å²) in [6.45, 7) is 3.02. The quantitative estimate of drug-likeness (QED) is 0.908. The molecule has 6 nitrogen and oxygen atoms in total. The monoisotopic (exact) mass is 354 g/mol. The molecule has 0 saturated carbocycles. The van der Waals surface area contributed by atoms with Crippen LogP contribution in [0.15, 0.2) is 41.5 Å². The average Bonchev–Trinajstić information content (AvgIpc) is 2.60. The van der Waals surface area contributed by atoms with E-state index in [1.54, 1.807) is 12.3 Å². The molecular weight excluding hydrogens is 328 g/mol. The molecule has 26 heavy (non-hydrogen) atoms. The molecule has 2 saturated heterocycles. The molecule has 2 fully saturated rings. The van der Waals surface area contributed by atoms with Crippen molar-refractivity contribution >= 4 is 0 Å². The topological polar surface area (TPSA) is 71.2 Å². The van der Waals surface area contributed by atoms with E-state index in [4.69, 9.17) is 0 Å². The molecule has 0 aliphatic carbocycles. The molecule has 1 unspecified atom stereocenters. The van der Waals surface area contributed by atoms with Gasteiger partial charge in [-0.3, -0.25) is 14.7 Å². The van der Waals surface area contributed by atoms with E-state index in [9.17, 15) is 9.90 Å². The van der Waals surface area contributed by atoms with Crippen molar-refractivity contribution in [1.29, 1.82) is 0 Å². The van der Waals surface area contributed by atoms with Gasteiger partial charge in [0.2, 0.25) is 0 Å². The highest BCUT2D eigenvalue weighted by molar-refractivity contribution is 5.11. The zero-order chi connectivity index (χ0) is 18.1. The van der Waals surface area contributed by atoms with Crippen LogP contribution in [-0.2, 0) is 13.1 Å². The Morgan fingerprint density at radius 3 is 2.69 bits per heavy atom. The maximum Gasteiger partial charge on any atom is 0.266 e. The number of nitrogens with zero attached hydrogens (tertiary/aromatic N) is 4. The van der Waals surface area contributed by atoms with Crippen LogP contribution in [0.3, 0.4) is 0 Å². The molecule has 6 heteroatoms. The van der Waals surface area contributed by atoms with Crippen molar-refractivity contribution in [3.8, 4) is 0 Å². The molecule has 4 rings (SSSR count). The van der Waals surface area contributed by atoms with E-state index in [0.29, 0.717) is 24.9 Å². The van der Waals surface area contributed by atoms with Crippen LogP contribution in [0.4, 0.5) is 0 Å². The van der Waals surface area contributed by atoms with Crippen LogP contribution in [0.5, 0.6) is 0 Å². The predicted molar refractivity (Wildman–Crippen MR) is 98.6 cm³/mol. The van der Waals surface area contributed by atoms with E-state index in [-0.39, 0.29) is 12.1 Å². The highest BCUT2D eigenvalue weighted by atomic mass is 16.3. The van der Waals surface area contributed by atoms with Crippen molar-refractivity contribution in [3.63, 3.8) is 0 Å². The number of aliphatic hydroxyl groups is 1. The van der Waals surface area contributed by atoms with E-state index in [1.807, 2.05) is 19.2 Å². The van der Waals surface area contributed by atoms with Crippen LogP contribution < -0.4 is 5.56 Å². The number of rotatable bonds is 4. The van der Waals surface area contributed by atoms with E-state index in [1.165, 1.54) is 22.7 Å². The minimum atomic E-state index is -0.869. The van der Waals surface area contributed by atoms with Crippen molar-refractivity contribution in [2.45, 2.75) is 69.8 Å². The first kappa shape index (κ1) is 17.4. The molecule has 2 aromatic heterocycles. The highest BCUT2D eigenvalue weighted by Gasteiger charge is 2.45. The second kappa shape index (κ2) is 6.93. The Balaban J connectivity index is 1.53. The summed E-state index contributed by atoms with van der Waals surface area (Å²) in [6.07, 6.45) is 8.48. The molecule has 2 bridgehead atoms. The van der Waals surface area contributed by atoms with Gasteiger partial charge in [-0.2, -0.15) is 5.10 Å². The molecule has 4 heterocycles. The first-order valence-electron chi connectivity index (χ1n) is 9.44. The number of pyridine rings is 1. The van der Waals surface area contributed by atoms with Gasteiger partial charge in [0.25, 0.3) is 5.56 Å². The van der Waals surface area contributed by atoms with Gasteiger partial charge in [0.15, 0.2) is 0 Å². The second-order valence-electron chi connectivity index (χ2n) is 7.88. The fourth-order valence-corrected chi connectivity index (χ4v) is 4.65. The Bertz CT molecular complexity index is 806. The van der Waals surface area contributed by atoms with E-state index < -0.39 is 5.60 Å². The van der Waals surface area contributed by atoms with Crippen molar-refractivity contribution in [1.82, 2.24) is 19.7 Å². The zero-order valence-corrected chi connectivity index (χ0v) is 15.2. The van der Waals surface area contributed by atoms with Crippen LogP contribution in [0.1, 0.15) is 43.4 Å². The smallest absolute Gasteiger partial charge is 0.266 e. The fourth-order valence-electron chi connectivity index (χ4n) is 4.65. The SMILES string of the molecule is Cc1ccc(=O)n(CC2(O)C[C@H]3CCC[C@@H](C2)N3Cc2cccnc2)n1. The third-order valence-electron chi connectivity index (χ3n) is 5.78. The number of hydrogen-bond acceptors (Lipinski definition) is 5. The summed E-state index contributed by atoms with van der Waals surface area (Å²) >= 11 is 0. The third kappa shape index (κ3) is 3.57. The summed E-state index contributed by atoms with van der Waals surface area (Å²) in [6, 6.07) is 8.01. The Kier molecular flexibility index (Phi) is 4.63. The number of fused-ring (bicyclic) bond motifs is 2. The summed E-state index contributed by atoms with van der Waals surface area (Å²) in [7, 11) is 0. The minimum absolute atomic E-state index is 0.146. The number of aryl methyl sites for hydroxylation is 1. The van der Waals surface area contributed by atoms with Gasteiger partial charge in [-0.1, -0.05) is 12.5 Å². The van der Waals surface area contributed by atoms with Crippen LogP contribution in [0.25, 0.3) is 0 Å². The molecule has 138 valence electrons. The molecule has 0 amide bonds. The van der Waals surface area contributed by atoms with Crippen LogP contribution in [0.2, 0.25) is 0 Å². The number of piperidine rings is 2. The Morgan fingerprint density at radius 2 is 2.00 bits per heavy atom. The maximum atomic E-state index is 12.1. The maximum absolute atomic E-state index is 12.1. The fraction of sp³-hybridized carbons (Fsp3) is 0.550. The molecule has 3 atom stereocenters. The lowest BCUT2D eigenvalue weighted by atomic mass is 9.75. The van der Waals surface area contributed by atoms with Gasteiger partial charge in [0, 0.05) is 37.1 Å². The standard InChI is InChI=1S/C20H26N4O2/c1-15-7-8-19(25)24(22-15)14-20(26)10-17-5-2-6-18(11-20)23(17)13-16-4-3-9-21-12-16/h3-4,7-9,12,17-18,26H,2,5-6,10-11,13-14H2,1H3/t17-,18+,20?.